The van der Waals surface area contributed by atoms with Crippen molar-refractivity contribution in [3.63, 3.8) is 0 Å². The molecule has 1 heterocycles. The fourth-order valence-electron chi connectivity index (χ4n) is 5.98. The number of rotatable bonds is 11. The van der Waals surface area contributed by atoms with Crippen LogP contribution in [0.1, 0.15) is 44.1 Å². The molecule has 0 spiro atoms. The molecule has 1 saturated carbocycles. The number of benzene rings is 3. The SMILES string of the molecule is N[C@H]1CCN(C(=O)[C@@H](N(OC(=O)C(F)(F)F)S(=O)(=O)c2ccc(OCC3CCCCC3)cc2)C(F)(F)c2ccc(-c3ccc(Cl)cc3)cc2)C1. The summed E-state index contributed by atoms with van der Waals surface area (Å²) in [5.41, 5.74) is 5.96. The van der Waals surface area contributed by atoms with E-state index < -0.39 is 61.0 Å². The number of hydrogen-bond donors (Lipinski definition) is 1. The van der Waals surface area contributed by atoms with Gasteiger partial charge in [0, 0.05) is 29.7 Å². The van der Waals surface area contributed by atoms with Crippen molar-refractivity contribution < 1.29 is 49.5 Å². The van der Waals surface area contributed by atoms with Gasteiger partial charge in [-0.15, -0.1) is 0 Å². The summed E-state index contributed by atoms with van der Waals surface area (Å²) in [5.74, 6) is -8.78. The zero-order valence-corrected chi connectivity index (χ0v) is 28.2. The number of hydrogen-bond acceptors (Lipinski definition) is 7. The molecule has 3 aromatic rings. The Labute approximate surface area is 291 Å². The largest absolute Gasteiger partial charge is 0.493 e. The van der Waals surface area contributed by atoms with E-state index in [-0.39, 0.29) is 31.2 Å². The third-order valence-corrected chi connectivity index (χ3v) is 10.6. The van der Waals surface area contributed by atoms with E-state index in [0.29, 0.717) is 22.8 Å². The number of nitrogens with zero attached hydrogens (tertiary/aromatic N) is 2. The third-order valence-electron chi connectivity index (χ3n) is 8.75. The Morgan fingerprint density at radius 2 is 1.46 bits per heavy atom. The minimum atomic E-state index is -5.82. The summed E-state index contributed by atoms with van der Waals surface area (Å²) in [7, 11) is -5.58. The maximum Gasteiger partial charge on any atom is 0.492 e. The van der Waals surface area contributed by atoms with Gasteiger partial charge in [-0.05, 0) is 77.2 Å². The number of carbonyl (C=O) groups excluding carboxylic acids is 2. The number of alkyl halides is 5. The van der Waals surface area contributed by atoms with Crippen LogP contribution in [0, 0.1) is 5.92 Å². The van der Waals surface area contributed by atoms with Crippen LogP contribution < -0.4 is 10.5 Å². The first-order valence-corrected chi connectivity index (χ1v) is 17.7. The molecule has 50 heavy (non-hydrogen) atoms. The Hall–Kier alpha value is -3.79. The first kappa shape index (κ1) is 37.5. The molecule has 2 atom stereocenters. The number of nitrogens with two attached hydrogens (primary N) is 1. The maximum atomic E-state index is 16.7. The molecule has 2 aliphatic rings. The van der Waals surface area contributed by atoms with Gasteiger partial charge in [0.25, 0.3) is 15.9 Å². The van der Waals surface area contributed by atoms with Crippen LogP contribution in [-0.4, -0.2) is 67.6 Å². The van der Waals surface area contributed by atoms with Gasteiger partial charge in [0.1, 0.15) is 5.75 Å². The summed E-state index contributed by atoms with van der Waals surface area (Å²) in [6.07, 6.45) is -0.514. The lowest BCUT2D eigenvalue weighted by atomic mass is 9.90. The molecule has 5 rings (SSSR count). The van der Waals surface area contributed by atoms with E-state index in [2.05, 4.69) is 4.84 Å². The van der Waals surface area contributed by atoms with E-state index in [0.717, 1.165) is 61.3 Å². The highest BCUT2D eigenvalue weighted by molar-refractivity contribution is 7.89. The van der Waals surface area contributed by atoms with Crippen molar-refractivity contribution in [1.82, 2.24) is 9.37 Å². The molecule has 3 aromatic carbocycles. The molecule has 2 N–H and O–H groups in total. The molecule has 1 saturated heterocycles. The second-order valence-electron chi connectivity index (χ2n) is 12.4. The Morgan fingerprint density at radius 1 is 0.880 bits per heavy atom. The molecule has 1 amide bonds. The van der Waals surface area contributed by atoms with Crippen LogP contribution >= 0.6 is 11.6 Å². The average molecular weight is 744 g/mol. The minimum Gasteiger partial charge on any atom is -0.493 e. The molecule has 16 heteroatoms. The van der Waals surface area contributed by atoms with Gasteiger partial charge in [-0.2, -0.15) is 22.0 Å². The third kappa shape index (κ3) is 8.56. The van der Waals surface area contributed by atoms with Crippen LogP contribution in [0.4, 0.5) is 22.0 Å². The smallest absolute Gasteiger partial charge is 0.492 e. The summed E-state index contributed by atoms with van der Waals surface area (Å²) in [4.78, 5) is 30.2. The van der Waals surface area contributed by atoms with Crippen molar-refractivity contribution in [2.75, 3.05) is 19.7 Å². The molecular formula is C34H35ClF5N3O6S. The minimum absolute atomic E-state index is 0.150. The first-order chi connectivity index (χ1) is 23.6. The quantitative estimate of drug-likeness (QED) is 0.172. The van der Waals surface area contributed by atoms with Crippen LogP contribution in [0.15, 0.2) is 77.7 Å². The molecule has 0 aromatic heterocycles. The van der Waals surface area contributed by atoms with Crippen LogP contribution in [0.5, 0.6) is 5.75 Å². The van der Waals surface area contributed by atoms with Crippen LogP contribution in [-0.2, 0) is 30.4 Å². The van der Waals surface area contributed by atoms with Gasteiger partial charge in [-0.1, -0.05) is 67.3 Å². The number of carbonyl (C=O) groups is 2. The Kier molecular flexibility index (Phi) is 11.4. The molecule has 1 aliphatic heterocycles. The van der Waals surface area contributed by atoms with Crippen molar-refractivity contribution in [3.8, 4) is 16.9 Å². The predicted octanol–water partition coefficient (Wildman–Crippen LogP) is 6.70. The molecule has 0 bridgehead atoms. The molecular weight excluding hydrogens is 709 g/mol. The van der Waals surface area contributed by atoms with E-state index in [1.165, 1.54) is 24.3 Å². The number of likely N-dealkylation sites (tertiary alicyclic amines) is 1. The highest BCUT2D eigenvalue weighted by Crippen LogP contribution is 2.40. The molecule has 0 unspecified atom stereocenters. The molecule has 270 valence electrons. The summed E-state index contributed by atoms with van der Waals surface area (Å²) < 4.78 is 107. The van der Waals surface area contributed by atoms with Crippen molar-refractivity contribution in [1.29, 1.82) is 0 Å². The monoisotopic (exact) mass is 743 g/mol. The summed E-state index contributed by atoms with van der Waals surface area (Å²) >= 11 is 5.93. The lowest BCUT2D eigenvalue weighted by Crippen LogP contribution is -2.58. The van der Waals surface area contributed by atoms with E-state index >= 15 is 8.78 Å². The van der Waals surface area contributed by atoms with Crippen molar-refractivity contribution in [3.05, 3.63) is 83.4 Å². The van der Waals surface area contributed by atoms with E-state index in [1.807, 2.05) is 0 Å². The highest BCUT2D eigenvalue weighted by atomic mass is 35.5. The normalized spacial score (nSPS) is 18.2. The van der Waals surface area contributed by atoms with Crippen LogP contribution in [0.25, 0.3) is 11.1 Å². The predicted molar refractivity (Wildman–Crippen MR) is 173 cm³/mol. The summed E-state index contributed by atoms with van der Waals surface area (Å²) in [6.45, 7) is -0.149. The Balaban J connectivity index is 1.54. The second kappa shape index (κ2) is 15.2. The second-order valence-corrected chi connectivity index (χ2v) is 14.6. The topological polar surface area (TPSA) is 119 Å². The lowest BCUT2D eigenvalue weighted by molar-refractivity contribution is -0.239. The number of ether oxygens (including phenoxy) is 1. The lowest BCUT2D eigenvalue weighted by Gasteiger charge is -2.35. The van der Waals surface area contributed by atoms with Gasteiger partial charge in [-0.25, -0.2) is 13.2 Å². The van der Waals surface area contributed by atoms with Crippen LogP contribution in [0.2, 0.25) is 5.02 Å². The van der Waals surface area contributed by atoms with Gasteiger partial charge in [-0.3, -0.25) is 4.79 Å². The standard InChI is InChI=1S/C34H35ClF5N3O6S/c35-26-12-8-24(9-13-26)23-6-10-25(11-7-23)33(36,37)30(31(44)42-19-18-27(41)20-42)43(49-32(45)34(38,39)40)50(46,47)29-16-14-28(15-17-29)48-21-22-4-2-1-3-5-22/h6-17,22,27,30H,1-5,18-21,41H2/t27-,30+/m0/s1. The molecule has 1 aliphatic carbocycles. The summed E-state index contributed by atoms with van der Waals surface area (Å²) in [5, 5.41) is 0.427. The van der Waals surface area contributed by atoms with Crippen molar-refractivity contribution in [2.24, 2.45) is 11.7 Å². The number of halogens is 6. The number of hydroxylamine groups is 1. The summed E-state index contributed by atoms with van der Waals surface area (Å²) in [6, 6.07) is 10.9. The fraction of sp³-hybridized carbons (Fsp3) is 0.412. The zero-order chi connectivity index (χ0) is 36.3. The number of sulfonamides is 1. The number of amides is 1. The average Bonchev–Trinajstić information content (AvgIpc) is 3.53. The Bertz CT molecular complexity index is 1750. The molecule has 2 fully saturated rings. The van der Waals surface area contributed by atoms with Gasteiger partial charge >= 0.3 is 18.1 Å². The van der Waals surface area contributed by atoms with Gasteiger partial charge in [0.15, 0.2) is 0 Å². The van der Waals surface area contributed by atoms with Crippen molar-refractivity contribution >= 4 is 33.5 Å². The maximum absolute atomic E-state index is 16.7. The van der Waals surface area contributed by atoms with E-state index in [1.54, 1.807) is 24.3 Å². The van der Waals surface area contributed by atoms with Gasteiger partial charge in [0.05, 0.1) is 11.5 Å². The van der Waals surface area contributed by atoms with E-state index in [4.69, 9.17) is 22.1 Å². The van der Waals surface area contributed by atoms with Gasteiger partial charge in [0.2, 0.25) is 6.04 Å². The van der Waals surface area contributed by atoms with Crippen LogP contribution in [0.3, 0.4) is 0 Å². The highest BCUT2D eigenvalue weighted by Gasteiger charge is 2.58. The van der Waals surface area contributed by atoms with Gasteiger partial charge < -0.3 is 20.2 Å². The molecule has 0 radical (unpaired) electrons. The zero-order valence-electron chi connectivity index (χ0n) is 26.6. The Morgan fingerprint density at radius 3 is 2.00 bits per heavy atom. The first-order valence-electron chi connectivity index (χ1n) is 15.9. The fourth-order valence-corrected chi connectivity index (χ4v) is 7.46. The van der Waals surface area contributed by atoms with Crippen molar-refractivity contribution in [2.45, 2.75) is 67.6 Å². The van der Waals surface area contributed by atoms with E-state index in [9.17, 15) is 31.2 Å². The molecule has 9 nitrogen and oxygen atoms in total.